The molecular weight excluding hydrogens is 418 g/mol. The molecule has 2 aromatic heterocycles. The summed E-state index contributed by atoms with van der Waals surface area (Å²) in [4.78, 5) is 23.9. The summed E-state index contributed by atoms with van der Waals surface area (Å²) in [7, 11) is 0. The van der Waals surface area contributed by atoms with Crippen molar-refractivity contribution in [1.82, 2.24) is 14.9 Å². The van der Waals surface area contributed by atoms with Gasteiger partial charge in [0.25, 0.3) is 0 Å². The van der Waals surface area contributed by atoms with E-state index in [1.807, 2.05) is 35.4 Å². The number of benzene rings is 1. The van der Waals surface area contributed by atoms with Crippen LogP contribution in [0.25, 0.3) is 0 Å². The molecule has 1 amide bonds. The van der Waals surface area contributed by atoms with Crippen molar-refractivity contribution >= 4 is 17.5 Å². The van der Waals surface area contributed by atoms with Gasteiger partial charge in [0.05, 0.1) is 12.1 Å². The van der Waals surface area contributed by atoms with Crippen molar-refractivity contribution in [3.8, 4) is 0 Å². The second-order valence-electron chi connectivity index (χ2n) is 9.20. The quantitative estimate of drug-likeness (QED) is 0.568. The highest BCUT2D eigenvalue weighted by atomic mass is 35.5. The highest BCUT2D eigenvalue weighted by Crippen LogP contribution is 2.47. The third-order valence-electron chi connectivity index (χ3n) is 7.44. The molecule has 1 aromatic carbocycles. The first-order valence-corrected chi connectivity index (χ1v) is 11.8. The largest absolute Gasteiger partial charge is 0.342 e. The second kappa shape index (κ2) is 8.67. The maximum Gasteiger partial charge on any atom is 0.226 e. The van der Waals surface area contributed by atoms with Gasteiger partial charge in [0.2, 0.25) is 5.91 Å². The Morgan fingerprint density at radius 2 is 1.81 bits per heavy atom. The van der Waals surface area contributed by atoms with E-state index < -0.39 is 0 Å². The van der Waals surface area contributed by atoms with Crippen molar-refractivity contribution in [2.45, 2.75) is 44.4 Å². The molecule has 164 valence electrons. The number of aryl methyl sites for hydroxylation is 2. The molecule has 1 atom stereocenters. The summed E-state index contributed by atoms with van der Waals surface area (Å²) in [5, 5.41) is 0.793. The van der Waals surface area contributed by atoms with Crippen molar-refractivity contribution in [2.75, 3.05) is 13.1 Å². The SMILES string of the molecule is CC1(C2CCN(C(=O)Cc3ccncc3)CC2)c2ccc(Cl)cc2CCc2cccnc21. The van der Waals surface area contributed by atoms with E-state index in [9.17, 15) is 4.79 Å². The van der Waals surface area contributed by atoms with Crippen LogP contribution in [-0.2, 0) is 29.5 Å². The molecule has 3 aromatic rings. The summed E-state index contributed by atoms with van der Waals surface area (Å²) in [5.41, 5.74) is 6.04. The molecule has 4 nitrogen and oxygen atoms in total. The van der Waals surface area contributed by atoms with Crippen molar-refractivity contribution in [3.63, 3.8) is 0 Å². The van der Waals surface area contributed by atoms with Gasteiger partial charge < -0.3 is 4.90 Å². The Labute approximate surface area is 194 Å². The fraction of sp³-hybridized carbons (Fsp3) is 0.370. The van der Waals surface area contributed by atoms with E-state index in [4.69, 9.17) is 16.6 Å². The summed E-state index contributed by atoms with van der Waals surface area (Å²) in [6.45, 7) is 3.93. The van der Waals surface area contributed by atoms with Gasteiger partial charge in [0.15, 0.2) is 0 Å². The third kappa shape index (κ3) is 3.81. The van der Waals surface area contributed by atoms with Crippen LogP contribution in [0.15, 0.2) is 61.1 Å². The van der Waals surface area contributed by atoms with E-state index in [1.54, 1.807) is 12.4 Å². The zero-order chi connectivity index (χ0) is 22.1. The monoisotopic (exact) mass is 445 g/mol. The summed E-state index contributed by atoms with van der Waals surface area (Å²) in [6, 6.07) is 14.5. The van der Waals surface area contributed by atoms with Gasteiger partial charge in [0, 0.05) is 42.1 Å². The second-order valence-corrected chi connectivity index (χ2v) is 9.64. The van der Waals surface area contributed by atoms with Crippen LogP contribution in [-0.4, -0.2) is 33.9 Å². The van der Waals surface area contributed by atoms with Crippen LogP contribution in [0.4, 0.5) is 0 Å². The molecule has 5 rings (SSSR count). The number of hydrogen-bond acceptors (Lipinski definition) is 3. The fourth-order valence-electron chi connectivity index (χ4n) is 5.69. The van der Waals surface area contributed by atoms with Crippen LogP contribution in [0.1, 0.15) is 47.7 Å². The number of halogens is 1. The Kier molecular flexibility index (Phi) is 5.73. The van der Waals surface area contributed by atoms with E-state index in [1.165, 1.54) is 22.4 Å². The minimum absolute atomic E-state index is 0.187. The first kappa shape index (κ1) is 21.1. The van der Waals surface area contributed by atoms with E-state index in [2.05, 4.69) is 30.1 Å². The molecule has 0 radical (unpaired) electrons. The van der Waals surface area contributed by atoms with Gasteiger partial charge in [-0.25, -0.2) is 0 Å². The molecule has 0 saturated carbocycles. The Balaban J connectivity index is 1.42. The van der Waals surface area contributed by atoms with Crippen LogP contribution in [0, 0.1) is 5.92 Å². The molecule has 2 aliphatic rings. The zero-order valence-corrected chi connectivity index (χ0v) is 19.2. The Hall–Kier alpha value is -2.72. The van der Waals surface area contributed by atoms with Crippen molar-refractivity contribution in [2.24, 2.45) is 5.92 Å². The maximum atomic E-state index is 12.9. The maximum absolute atomic E-state index is 12.9. The van der Waals surface area contributed by atoms with Gasteiger partial charge in [-0.05, 0) is 91.1 Å². The van der Waals surface area contributed by atoms with Gasteiger partial charge in [-0.3, -0.25) is 14.8 Å². The molecule has 1 unspecified atom stereocenters. The smallest absolute Gasteiger partial charge is 0.226 e. The number of carbonyl (C=O) groups excluding carboxylic acids is 1. The molecule has 1 aliphatic heterocycles. The lowest BCUT2D eigenvalue weighted by Gasteiger charge is -2.43. The standard InChI is InChI=1S/C27H28ClN3O/c1-27(22-10-15-31(16-11-22)25(32)17-19-8-13-29-14-9-19)24-7-6-23(28)18-21(24)5-4-20-3-2-12-30-26(20)27/h2-3,6-9,12-14,18,22H,4-5,10-11,15-17H2,1H3. The van der Waals surface area contributed by atoms with Gasteiger partial charge in [-0.1, -0.05) is 23.7 Å². The molecule has 1 saturated heterocycles. The molecule has 3 heterocycles. The van der Waals surface area contributed by atoms with Crippen LogP contribution in [0.2, 0.25) is 5.02 Å². The van der Waals surface area contributed by atoms with E-state index >= 15 is 0 Å². The molecule has 5 heteroatoms. The number of hydrogen-bond donors (Lipinski definition) is 0. The first-order valence-electron chi connectivity index (χ1n) is 11.5. The number of piperidine rings is 1. The normalized spacial score (nSPS) is 20.9. The Morgan fingerprint density at radius 1 is 1.06 bits per heavy atom. The lowest BCUT2D eigenvalue weighted by atomic mass is 9.64. The molecule has 0 spiro atoms. The Morgan fingerprint density at radius 3 is 2.59 bits per heavy atom. The van der Waals surface area contributed by atoms with E-state index in [0.29, 0.717) is 12.3 Å². The predicted molar refractivity (Wildman–Crippen MR) is 127 cm³/mol. The minimum atomic E-state index is -0.187. The molecular formula is C27H28ClN3O. The van der Waals surface area contributed by atoms with Gasteiger partial charge in [0.1, 0.15) is 0 Å². The lowest BCUT2D eigenvalue weighted by molar-refractivity contribution is -0.132. The van der Waals surface area contributed by atoms with Crippen LogP contribution < -0.4 is 0 Å². The van der Waals surface area contributed by atoms with Crippen LogP contribution in [0.5, 0.6) is 0 Å². The average molecular weight is 446 g/mol. The number of amides is 1. The number of carbonyl (C=O) groups is 1. The van der Waals surface area contributed by atoms with Crippen LogP contribution in [0.3, 0.4) is 0 Å². The lowest BCUT2D eigenvalue weighted by Crippen LogP contribution is -2.45. The van der Waals surface area contributed by atoms with Crippen molar-refractivity contribution < 1.29 is 4.79 Å². The highest BCUT2D eigenvalue weighted by molar-refractivity contribution is 6.30. The summed E-state index contributed by atoms with van der Waals surface area (Å²) < 4.78 is 0. The van der Waals surface area contributed by atoms with Gasteiger partial charge in [-0.15, -0.1) is 0 Å². The number of aromatic nitrogens is 2. The number of fused-ring (bicyclic) bond motifs is 2. The third-order valence-corrected chi connectivity index (χ3v) is 7.68. The predicted octanol–water partition coefficient (Wildman–Crippen LogP) is 5.02. The Bertz CT molecular complexity index is 1120. The number of rotatable bonds is 3. The van der Waals surface area contributed by atoms with Gasteiger partial charge in [-0.2, -0.15) is 0 Å². The molecule has 1 fully saturated rings. The number of nitrogens with zero attached hydrogens (tertiary/aromatic N) is 3. The van der Waals surface area contributed by atoms with E-state index in [0.717, 1.165) is 49.4 Å². The fourth-order valence-corrected chi connectivity index (χ4v) is 5.88. The number of pyridine rings is 2. The molecule has 1 aliphatic carbocycles. The topological polar surface area (TPSA) is 46.1 Å². The van der Waals surface area contributed by atoms with E-state index in [-0.39, 0.29) is 11.3 Å². The zero-order valence-electron chi connectivity index (χ0n) is 18.4. The molecule has 32 heavy (non-hydrogen) atoms. The van der Waals surface area contributed by atoms with Crippen molar-refractivity contribution in [3.05, 3.63) is 94.0 Å². The van der Waals surface area contributed by atoms with Crippen LogP contribution >= 0.6 is 11.6 Å². The van der Waals surface area contributed by atoms with Crippen molar-refractivity contribution in [1.29, 1.82) is 0 Å². The molecule has 0 N–H and O–H groups in total. The minimum Gasteiger partial charge on any atom is -0.342 e. The first-order chi connectivity index (χ1) is 15.6. The number of likely N-dealkylation sites (tertiary alicyclic amines) is 1. The summed E-state index contributed by atoms with van der Waals surface area (Å²) in [5.74, 6) is 0.616. The average Bonchev–Trinajstić information content (AvgIpc) is 2.95. The van der Waals surface area contributed by atoms with Gasteiger partial charge >= 0.3 is 0 Å². The summed E-state index contributed by atoms with van der Waals surface area (Å²) >= 11 is 6.38. The molecule has 0 bridgehead atoms. The summed E-state index contributed by atoms with van der Waals surface area (Å²) in [6.07, 6.45) is 9.75. The highest BCUT2D eigenvalue weighted by Gasteiger charge is 2.44.